The van der Waals surface area contributed by atoms with Crippen LogP contribution in [-0.2, 0) is 4.74 Å². The molecule has 0 bridgehead atoms. The highest BCUT2D eigenvalue weighted by Crippen LogP contribution is 2.32. The van der Waals surface area contributed by atoms with E-state index in [2.05, 4.69) is 15.0 Å². The number of aliphatic hydroxyl groups excluding tert-OH is 3. The van der Waals surface area contributed by atoms with Crippen LogP contribution >= 0.6 is 23.2 Å². The molecule has 1 fully saturated rings. The minimum Gasteiger partial charge on any atom is -0.394 e. The summed E-state index contributed by atoms with van der Waals surface area (Å²) in [5.41, 5.74) is 1.73. The van der Waals surface area contributed by atoms with Crippen molar-refractivity contribution in [3.05, 3.63) is 28.5 Å². The summed E-state index contributed by atoms with van der Waals surface area (Å²) in [6, 6.07) is 3.18. The van der Waals surface area contributed by atoms with Crippen LogP contribution in [0.1, 0.15) is 6.23 Å². The molecule has 4 unspecified atom stereocenters. The molecule has 126 valence electrons. The average molecular weight is 371 g/mol. The SMILES string of the molecule is OCC1OC(n2cnc3nc4cc(Cl)c(Cl)cc4nc32)C(O)C1O. The molecule has 0 aliphatic carbocycles. The van der Waals surface area contributed by atoms with E-state index in [1.807, 2.05) is 0 Å². The van der Waals surface area contributed by atoms with Gasteiger partial charge in [-0.2, -0.15) is 0 Å². The molecule has 24 heavy (non-hydrogen) atoms. The van der Waals surface area contributed by atoms with Crippen molar-refractivity contribution >= 4 is 45.5 Å². The fraction of sp³-hybridized carbons (Fsp3) is 0.357. The number of hydrogen-bond acceptors (Lipinski definition) is 7. The summed E-state index contributed by atoms with van der Waals surface area (Å²) in [7, 11) is 0. The van der Waals surface area contributed by atoms with Gasteiger partial charge in [-0.15, -0.1) is 0 Å². The third-order valence-electron chi connectivity index (χ3n) is 4.01. The van der Waals surface area contributed by atoms with E-state index >= 15 is 0 Å². The van der Waals surface area contributed by atoms with Gasteiger partial charge in [0.1, 0.15) is 24.6 Å². The zero-order chi connectivity index (χ0) is 17.0. The third kappa shape index (κ3) is 2.34. The van der Waals surface area contributed by atoms with Crippen LogP contribution in [0.3, 0.4) is 0 Å². The minimum absolute atomic E-state index is 0.332. The quantitative estimate of drug-likeness (QED) is 0.613. The summed E-state index contributed by atoms with van der Waals surface area (Å²) in [6.45, 7) is -0.413. The summed E-state index contributed by atoms with van der Waals surface area (Å²) >= 11 is 12.0. The number of aliphatic hydroxyl groups is 3. The van der Waals surface area contributed by atoms with Crippen molar-refractivity contribution in [1.82, 2.24) is 19.5 Å². The Hall–Kier alpha value is -1.55. The van der Waals surface area contributed by atoms with E-state index in [1.165, 1.54) is 10.9 Å². The number of nitrogens with zero attached hydrogens (tertiary/aromatic N) is 4. The van der Waals surface area contributed by atoms with E-state index in [0.29, 0.717) is 32.4 Å². The maximum Gasteiger partial charge on any atom is 0.198 e. The lowest BCUT2D eigenvalue weighted by Crippen LogP contribution is -2.33. The Balaban J connectivity index is 1.85. The zero-order valence-electron chi connectivity index (χ0n) is 12.0. The lowest BCUT2D eigenvalue weighted by Gasteiger charge is -2.16. The second kappa shape index (κ2) is 5.76. The predicted molar refractivity (Wildman–Crippen MR) is 85.9 cm³/mol. The van der Waals surface area contributed by atoms with Crippen LogP contribution in [0.2, 0.25) is 10.0 Å². The first-order valence-corrected chi connectivity index (χ1v) is 7.87. The smallest absolute Gasteiger partial charge is 0.198 e. The monoisotopic (exact) mass is 370 g/mol. The zero-order valence-corrected chi connectivity index (χ0v) is 13.6. The van der Waals surface area contributed by atoms with Crippen molar-refractivity contribution in [1.29, 1.82) is 0 Å². The molecule has 0 radical (unpaired) electrons. The standard InChI is InChI=1S/C14H12Cl2N4O4/c15-5-1-7-8(2-6(5)16)19-13-12(18-7)17-4-20(13)14-11(23)10(22)9(3-21)24-14/h1-2,4,9-11,14,21-23H,3H2. The number of aromatic nitrogens is 4. The van der Waals surface area contributed by atoms with Crippen molar-refractivity contribution in [3.63, 3.8) is 0 Å². The fourth-order valence-corrected chi connectivity index (χ4v) is 3.08. The molecule has 8 nitrogen and oxygen atoms in total. The van der Waals surface area contributed by atoms with Crippen LogP contribution < -0.4 is 0 Å². The third-order valence-corrected chi connectivity index (χ3v) is 4.73. The highest BCUT2D eigenvalue weighted by atomic mass is 35.5. The van der Waals surface area contributed by atoms with E-state index in [9.17, 15) is 15.3 Å². The number of ether oxygens (including phenoxy) is 1. The van der Waals surface area contributed by atoms with Crippen LogP contribution in [0.15, 0.2) is 18.5 Å². The Morgan fingerprint density at radius 3 is 2.38 bits per heavy atom. The molecule has 1 aliphatic rings. The number of benzene rings is 1. The van der Waals surface area contributed by atoms with Crippen molar-refractivity contribution in [2.24, 2.45) is 0 Å². The molecule has 4 atom stereocenters. The Morgan fingerprint density at radius 2 is 1.75 bits per heavy atom. The van der Waals surface area contributed by atoms with Gasteiger partial charge in [-0.05, 0) is 12.1 Å². The van der Waals surface area contributed by atoms with Gasteiger partial charge in [0, 0.05) is 0 Å². The molecule has 1 saturated heterocycles. The lowest BCUT2D eigenvalue weighted by atomic mass is 10.1. The van der Waals surface area contributed by atoms with Gasteiger partial charge in [0.25, 0.3) is 0 Å². The first-order valence-electron chi connectivity index (χ1n) is 7.11. The van der Waals surface area contributed by atoms with E-state index in [0.717, 1.165) is 0 Å². The summed E-state index contributed by atoms with van der Waals surface area (Å²) in [4.78, 5) is 13.0. The second-order valence-electron chi connectivity index (χ2n) is 5.51. The molecule has 3 heterocycles. The first-order chi connectivity index (χ1) is 11.5. The average Bonchev–Trinajstić information content (AvgIpc) is 3.08. The molecule has 10 heteroatoms. The van der Waals surface area contributed by atoms with Gasteiger partial charge in [0.05, 0.1) is 27.7 Å². The van der Waals surface area contributed by atoms with Gasteiger partial charge in [0.2, 0.25) is 0 Å². The molecule has 4 rings (SSSR count). The molecular weight excluding hydrogens is 359 g/mol. The molecule has 1 aliphatic heterocycles. The van der Waals surface area contributed by atoms with E-state index in [1.54, 1.807) is 12.1 Å². The van der Waals surface area contributed by atoms with E-state index in [-0.39, 0.29) is 0 Å². The minimum atomic E-state index is -1.23. The van der Waals surface area contributed by atoms with Gasteiger partial charge < -0.3 is 20.1 Å². The molecular formula is C14H12Cl2N4O4. The van der Waals surface area contributed by atoms with Crippen molar-refractivity contribution in [2.45, 2.75) is 24.5 Å². The predicted octanol–water partition coefficient (Wildman–Crippen LogP) is 0.898. The van der Waals surface area contributed by atoms with Crippen molar-refractivity contribution < 1.29 is 20.1 Å². The second-order valence-corrected chi connectivity index (χ2v) is 6.32. The van der Waals surface area contributed by atoms with Gasteiger partial charge in [-0.1, -0.05) is 23.2 Å². The normalized spacial score (nSPS) is 27.4. The maximum atomic E-state index is 10.2. The van der Waals surface area contributed by atoms with Gasteiger partial charge in [-0.3, -0.25) is 4.57 Å². The summed E-state index contributed by atoms with van der Waals surface area (Å²) < 4.78 is 6.97. The molecule has 0 amide bonds. The maximum absolute atomic E-state index is 10.2. The Kier molecular flexibility index (Phi) is 3.83. The van der Waals surface area contributed by atoms with Gasteiger partial charge in [0.15, 0.2) is 17.5 Å². The number of fused-ring (bicyclic) bond motifs is 2. The van der Waals surface area contributed by atoms with Crippen LogP contribution in [0, 0.1) is 0 Å². The number of rotatable bonds is 2. The van der Waals surface area contributed by atoms with Crippen LogP contribution in [-0.4, -0.2) is 59.8 Å². The molecule has 1 aromatic carbocycles. The van der Waals surface area contributed by atoms with Gasteiger partial charge >= 0.3 is 0 Å². The fourth-order valence-electron chi connectivity index (χ4n) is 2.76. The lowest BCUT2D eigenvalue weighted by molar-refractivity contribution is -0.0511. The Morgan fingerprint density at radius 1 is 1.08 bits per heavy atom. The molecule has 2 aromatic heterocycles. The number of imidazole rings is 1. The number of halogens is 2. The highest BCUT2D eigenvalue weighted by Gasteiger charge is 2.44. The van der Waals surface area contributed by atoms with Crippen molar-refractivity contribution in [3.8, 4) is 0 Å². The first kappa shape index (κ1) is 15.9. The topological polar surface area (TPSA) is 114 Å². The Labute approximate surface area is 145 Å². The van der Waals surface area contributed by atoms with Crippen LogP contribution in [0.25, 0.3) is 22.3 Å². The van der Waals surface area contributed by atoms with Crippen molar-refractivity contribution in [2.75, 3.05) is 6.61 Å². The van der Waals surface area contributed by atoms with Crippen LogP contribution in [0.4, 0.5) is 0 Å². The van der Waals surface area contributed by atoms with Gasteiger partial charge in [-0.25, -0.2) is 15.0 Å². The Bertz CT molecular complexity index is 934. The summed E-state index contributed by atoms with van der Waals surface area (Å²) in [5.74, 6) is 0. The largest absolute Gasteiger partial charge is 0.394 e. The molecule has 3 aromatic rings. The molecule has 3 N–H and O–H groups in total. The van der Waals surface area contributed by atoms with E-state index in [4.69, 9.17) is 27.9 Å². The molecule has 0 saturated carbocycles. The summed E-state index contributed by atoms with van der Waals surface area (Å²) in [6.07, 6.45) is -2.85. The molecule has 0 spiro atoms. The van der Waals surface area contributed by atoms with Crippen LogP contribution in [0.5, 0.6) is 0 Å². The highest BCUT2D eigenvalue weighted by molar-refractivity contribution is 6.42. The summed E-state index contributed by atoms with van der Waals surface area (Å²) in [5, 5.41) is 30.0. The number of hydrogen-bond donors (Lipinski definition) is 3. The van der Waals surface area contributed by atoms with E-state index < -0.39 is 31.1 Å².